The molecule has 108 valence electrons. The van der Waals surface area contributed by atoms with Crippen LogP contribution < -0.4 is 14.2 Å². The van der Waals surface area contributed by atoms with E-state index in [0.29, 0.717) is 0 Å². The summed E-state index contributed by atoms with van der Waals surface area (Å²) in [6.07, 6.45) is 0. The lowest BCUT2D eigenvalue weighted by atomic mass is 10.1. The molecule has 0 spiro atoms. The van der Waals surface area contributed by atoms with Crippen LogP contribution in [-0.4, -0.2) is 18.3 Å². The maximum Gasteiger partial charge on any atom is 0.130 e. The molecular weight excluding hydrogens is 240 g/mol. The molecule has 0 aromatic heterocycles. The van der Waals surface area contributed by atoms with E-state index >= 15 is 0 Å². The van der Waals surface area contributed by atoms with Crippen molar-refractivity contribution in [1.29, 1.82) is 0 Å². The van der Waals surface area contributed by atoms with Crippen LogP contribution in [0.25, 0.3) is 0 Å². The average molecular weight is 266 g/mol. The van der Waals surface area contributed by atoms with Crippen molar-refractivity contribution in [2.45, 2.75) is 59.7 Å². The maximum absolute atomic E-state index is 5.97. The molecule has 1 aromatic carbocycles. The molecule has 0 radical (unpaired) electrons. The first-order chi connectivity index (χ1) is 8.52. The highest BCUT2D eigenvalue weighted by Crippen LogP contribution is 2.36. The van der Waals surface area contributed by atoms with Crippen LogP contribution in [0.15, 0.2) is 12.1 Å². The first kappa shape index (κ1) is 15.7. The lowest BCUT2D eigenvalue weighted by Gasteiger charge is -2.26. The maximum atomic E-state index is 5.97. The fourth-order valence-corrected chi connectivity index (χ4v) is 1.70. The minimum atomic E-state index is -0.254. The predicted molar refractivity (Wildman–Crippen MR) is 78.5 cm³/mol. The summed E-state index contributed by atoms with van der Waals surface area (Å²) in [5.74, 6) is 2.33. The van der Waals surface area contributed by atoms with Crippen LogP contribution in [0.1, 0.15) is 47.1 Å². The van der Waals surface area contributed by atoms with Crippen LogP contribution >= 0.6 is 0 Å². The second-order valence-corrected chi connectivity index (χ2v) is 6.68. The lowest BCUT2D eigenvalue weighted by molar-refractivity contribution is 0.119. The third-order valence-corrected chi connectivity index (χ3v) is 2.35. The molecule has 0 N–H and O–H groups in total. The Balaban J connectivity index is 3.18. The highest BCUT2D eigenvalue weighted by atomic mass is 16.5. The van der Waals surface area contributed by atoms with Gasteiger partial charge in [-0.2, -0.15) is 0 Å². The van der Waals surface area contributed by atoms with Gasteiger partial charge in [0.15, 0.2) is 0 Å². The molecule has 0 saturated heterocycles. The fourth-order valence-electron chi connectivity index (χ4n) is 1.70. The molecule has 0 fully saturated rings. The third-order valence-electron chi connectivity index (χ3n) is 2.35. The van der Waals surface area contributed by atoms with Crippen molar-refractivity contribution in [3.05, 3.63) is 17.7 Å². The quantitative estimate of drug-likeness (QED) is 0.813. The Labute approximate surface area is 116 Å². The van der Waals surface area contributed by atoms with Gasteiger partial charge in [0.05, 0.1) is 7.11 Å². The Morgan fingerprint density at radius 3 is 1.68 bits per heavy atom. The van der Waals surface area contributed by atoms with Crippen LogP contribution in [0.2, 0.25) is 0 Å². The van der Waals surface area contributed by atoms with E-state index in [4.69, 9.17) is 14.2 Å². The molecule has 0 aliphatic carbocycles. The lowest BCUT2D eigenvalue weighted by Crippen LogP contribution is -2.25. The number of hydrogen-bond acceptors (Lipinski definition) is 3. The summed E-state index contributed by atoms with van der Waals surface area (Å²) in [6.45, 7) is 14.1. The summed E-state index contributed by atoms with van der Waals surface area (Å²) in [7, 11) is 1.66. The van der Waals surface area contributed by atoms with Crippen molar-refractivity contribution < 1.29 is 14.2 Å². The van der Waals surface area contributed by atoms with E-state index < -0.39 is 0 Å². The van der Waals surface area contributed by atoms with Crippen molar-refractivity contribution in [1.82, 2.24) is 0 Å². The van der Waals surface area contributed by atoms with Crippen LogP contribution in [0.3, 0.4) is 0 Å². The van der Waals surface area contributed by atoms with Gasteiger partial charge in [-0.25, -0.2) is 0 Å². The Hall–Kier alpha value is -1.38. The van der Waals surface area contributed by atoms with E-state index in [-0.39, 0.29) is 11.2 Å². The van der Waals surface area contributed by atoms with Crippen molar-refractivity contribution in [3.63, 3.8) is 0 Å². The number of methoxy groups -OCH3 is 1. The molecule has 0 saturated carbocycles. The zero-order chi connectivity index (χ0) is 14.8. The van der Waals surface area contributed by atoms with Gasteiger partial charge >= 0.3 is 0 Å². The molecule has 0 aliphatic heterocycles. The molecule has 0 atom stereocenters. The summed E-state index contributed by atoms with van der Waals surface area (Å²) in [5.41, 5.74) is 0.480. The van der Waals surface area contributed by atoms with E-state index in [1.54, 1.807) is 7.11 Å². The standard InChI is InChI=1S/C16H26O3/c1-11-13(17-8)9-12(18-15(2,3)4)10-14(11)19-16(5,6)7/h9-10H,1-8H3. The van der Waals surface area contributed by atoms with E-state index in [1.807, 2.05) is 60.6 Å². The summed E-state index contributed by atoms with van der Waals surface area (Å²) in [4.78, 5) is 0. The van der Waals surface area contributed by atoms with Crippen molar-refractivity contribution >= 4 is 0 Å². The minimum Gasteiger partial charge on any atom is -0.496 e. The molecular formula is C16H26O3. The molecule has 1 rings (SSSR count). The SMILES string of the molecule is COc1cc(OC(C)(C)C)cc(OC(C)(C)C)c1C. The molecule has 3 heteroatoms. The second-order valence-electron chi connectivity index (χ2n) is 6.68. The summed E-state index contributed by atoms with van der Waals surface area (Å²) >= 11 is 0. The Morgan fingerprint density at radius 2 is 1.26 bits per heavy atom. The Bertz CT molecular complexity index is 437. The molecule has 0 unspecified atom stereocenters. The number of hydrogen-bond donors (Lipinski definition) is 0. The first-order valence-corrected chi connectivity index (χ1v) is 6.58. The van der Waals surface area contributed by atoms with E-state index in [9.17, 15) is 0 Å². The largest absolute Gasteiger partial charge is 0.496 e. The van der Waals surface area contributed by atoms with Crippen LogP contribution in [0.4, 0.5) is 0 Å². The van der Waals surface area contributed by atoms with Gasteiger partial charge in [-0.05, 0) is 48.5 Å². The third kappa shape index (κ3) is 5.01. The smallest absolute Gasteiger partial charge is 0.130 e. The van der Waals surface area contributed by atoms with Gasteiger partial charge in [0.2, 0.25) is 0 Å². The molecule has 0 amide bonds. The highest BCUT2D eigenvalue weighted by molar-refractivity contribution is 5.50. The molecule has 0 heterocycles. The van der Waals surface area contributed by atoms with Crippen molar-refractivity contribution in [2.24, 2.45) is 0 Å². The van der Waals surface area contributed by atoms with Gasteiger partial charge in [0.1, 0.15) is 28.5 Å². The van der Waals surface area contributed by atoms with Crippen molar-refractivity contribution in [2.75, 3.05) is 7.11 Å². The van der Waals surface area contributed by atoms with E-state index in [2.05, 4.69) is 0 Å². The highest BCUT2D eigenvalue weighted by Gasteiger charge is 2.19. The predicted octanol–water partition coefficient (Wildman–Crippen LogP) is 4.36. The summed E-state index contributed by atoms with van der Waals surface area (Å²) in [5, 5.41) is 0. The zero-order valence-corrected chi connectivity index (χ0v) is 13.4. The molecule has 3 nitrogen and oxygen atoms in total. The van der Waals surface area contributed by atoms with E-state index in [1.165, 1.54) is 0 Å². The Kier molecular flexibility index (Phi) is 4.39. The monoisotopic (exact) mass is 266 g/mol. The van der Waals surface area contributed by atoms with Gasteiger partial charge in [0.25, 0.3) is 0 Å². The van der Waals surface area contributed by atoms with Gasteiger partial charge in [-0.1, -0.05) is 0 Å². The summed E-state index contributed by atoms with van der Waals surface area (Å²) < 4.78 is 17.3. The van der Waals surface area contributed by atoms with Gasteiger partial charge in [-0.3, -0.25) is 0 Å². The van der Waals surface area contributed by atoms with E-state index in [0.717, 1.165) is 22.8 Å². The van der Waals surface area contributed by atoms with Crippen LogP contribution in [0.5, 0.6) is 17.2 Å². The normalized spacial score (nSPS) is 12.2. The van der Waals surface area contributed by atoms with Gasteiger partial charge in [-0.15, -0.1) is 0 Å². The van der Waals surface area contributed by atoms with Crippen LogP contribution in [0, 0.1) is 6.92 Å². The van der Waals surface area contributed by atoms with Crippen molar-refractivity contribution in [3.8, 4) is 17.2 Å². The number of benzene rings is 1. The second kappa shape index (κ2) is 5.32. The minimum absolute atomic E-state index is 0.251. The summed E-state index contributed by atoms with van der Waals surface area (Å²) in [6, 6.07) is 3.82. The molecule has 0 aliphatic rings. The van der Waals surface area contributed by atoms with Gasteiger partial charge in [0, 0.05) is 17.7 Å². The fraction of sp³-hybridized carbons (Fsp3) is 0.625. The number of ether oxygens (including phenoxy) is 3. The van der Waals surface area contributed by atoms with Gasteiger partial charge < -0.3 is 14.2 Å². The first-order valence-electron chi connectivity index (χ1n) is 6.58. The van der Waals surface area contributed by atoms with Crippen LogP contribution in [-0.2, 0) is 0 Å². The topological polar surface area (TPSA) is 27.7 Å². The Morgan fingerprint density at radius 1 is 0.789 bits per heavy atom. The molecule has 0 bridgehead atoms. The zero-order valence-electron chi connectivity index (χ0n) is 13.4. The molecule has 19 heavy (non-hydrogen) atoms. The molecule has 1 aromatic rings. The number of rotatable bonds is 3. The average Bonchev–Trinajstić information content (AvgIpc) is 2.18.